The minimum atomic E-state index is -0.803. The van der Waals surface area contributed by atoms with Crippen molar-refractivity contribution < 1.29 is 33.6 Å². The molecule has 3 rings (SSSR count). The summed E-state index contributed by atoms with van der Waals surface area (Å²) >= 11 is 0. The second-order valence-electron chi connectivity index (χ2n) is 5.62. The average molecular weight is 362 g/mol. The van der Waals surface area contributed by atoms with Gasteiger partial charge in [0.25, 0.3) is 0 Å². The summed E-state index contributed by atoms with van der Waals surface area (Å²) in [5.41, 5.74) is -0.138. The fraction of sp³-hybridized carbons (Fsp3) is 0.333. The van der Waals surface area contributed by atoms with Crippen molar-refractivity contribution in [2.75, 3.05) is 13.4 Å². The molecule has 0 bridgehead atoms. The summed E-state index contributed by atoms with van der Waals surface area (Å²) in [7, 11) is 0. The molecule has 0 radical (unpaired) electrons. The van der Waals surface area contributed by atoms with Gasteiger partial charge in [-0.2, -0.15) is 0 Å². The van der Waals surface area contributed by atoms with E-state index < -0.39 is 29.7 Å². The van der Waals surface area contributed by atoms with Crippen LogP contribution in [0.15, 0.2) is 33.5 Å². The number of carbonyl (C=O) groups excluding carboxylic acids is 1. The van der Waals surface area contributed by atoms with Gasteiger partial charge in [0.2, 0.25) is 18.0 Å². The lowest BCUT2D eigenvalue weighted by Gasteiger charge is -2.18. The highest BCUT2D eigenvalue weighted by molar-refractivity contribution is 5.71. The van der Waals surface area contributed by atoms with Crippen LogP contribution < -0.4 is 14.9 Å². The van der Waals surface area contributed by atoms with Crippen LogP contribution in [0.2, 0.25) is 0 Å². The van der Waals surface area contributed by atoms with Gasteiger partial charge in [0.05, 0.1) is 18.9 Å². The van der Waals surface area contributed by atoms with E-state index in [1.807, 2.05) is 0 Å². The van der Waals surface area contributed by atoms with E-state index in [0.29, 0.717) is 17.1 Å². The first-order valence-corrected chi connectivity index (χ1v) is 8.05. The monoisotopic (exact) mass is 362 g/mol. The summed E-state index contributed by atoms with van der Waals surface area (Å²) < 4.78 is 21.1. The Labute approximate surface area is 148 Å². The van der Waals surface area contributed by atoms with Gasteiger partial charge in [-0.05, 0) is 24.6 Å². The molecule has 1 aliphatic rings. The summed E-state index contributed by atoms with van der Waals surface area (Å²) in [6.45, 7) is 1.44. The standard InChI is InChI=1S/C18H18O8/c1-2-23-16(21)7-12(10-3-4-14-15(5-10)25-9-24-14)18-17(22)13(20)6-11(8-19)26-18/h3-6,12,19,22H,2,7-9H2,1H3/t12-/m0/s1. The van der Waals surface area contributed by atoms with Gasteiger partial charge in [-0.15, -0.1) is 0 Å². The first-order valence-electron chi connectivity index (χ1n) is 8.05. The van der Waals surface area contributed by atoms with Crippen molar-refractivity contribution in [3.8, 4) is 17.2 Å². The molecule has 2 heterocycles. The summed E-state index contributed by atoms with van der Waals surface area (Å²) in [6, 6.07) is 6.00. The molecule has 1 aromatic heterocycles. The Morgan fingerprint density at radius 3 is 2.77 bits per heavy atom. The third-order valence-corrected chi connectivity index (χ3v) is 3.95. The number of rotatable bonds is 6. The van der Waals surface area contributed by atoms with Crippen LogP contribution in [0.4, 0.5) is 0 Å². The van der Waals surface area contributed by atoms with Crippen molar-refractivity contribution >= 4 is 5.97 Å². The van der Waals surface area contributed by atoms with E-state index >= 15 is 0 Å². The molecule has 0 spiro atoms. The van der Waals surface area contributed by atoms with E-state index in [4.69, 9.17) is 18.6 Å². The zero-order valence-corrected chi connectivity index (χ0v) is 14.1. The van der Waals surface area contributed by atoms with Gasteiger partial charge in [0.15, 0.2) is 17.3 Å². The Morgan fingerprint density at radius 2 is 2.04 bits per heavy atom. The number of carbonyl (C=O) groups is 1. The molecular weight excluding hydrogens is 344 g/mol. The van der Waals surface area contributed by atoms with Gasteiger partial charge < -0.3 is 28.8 Å². The van der Waals surface area contributed by atoms with E-state index in [9.17, 15) is 19.8 Å². The topological polar surface area (TPSA) is 115 Å². The fourth-order valence-electron chi connectivity index (χ4n) is 2.75. The molecule has 8 nitrogen and oxygen atoms in total. The summed E-state index contributed by atoms with van der Waals surface area (Å²) in [5, 5.41) is 19.5. The zero-order chi connectivity index (χ0) is 18.7. The second kappa shape index (κ2) is 7.49. The number of hydrogen-bond acceptors (Lipinski definition) is 8. The number of fused-ring (bicyclic) bond motifs is 1. The summed E-state index contributed by atoms with van der Waals surface area (Å²) in [4.78, 5) is 24.0. The fourth-order valence-corrected chi connectivity index (χ4v) is 2.75. The smallest absolute Gasteiger partial charge is 0.306 e. The van der Waals surface area contributed by atoms with E-state index in [1.165, 1.54) is 0 Å². The predicted molar refractivity (Wildman–Crippen MR) is 88.2 cm³/mol. The number of ether oxygens (including phenoxy) is 3. The maximum absolute atomic E-state index is 12.1. The number of esters is 1. The molecule has 1 aliphatic heterocycles. The van der Waals surface area contributed by atoms with Gasteiger partial charge in [0, 0.05) is 6.07 Å². The molecule has 0 saturated carbocycles. The van der Waals surface area contributed by atoms with E-state index in [2.05, 4.69) is 0 Å². The molecule has 138 valence electrons. The number of aromatic hydroxyl groups is 1. The number of benzene rings is 1. The Balaban J connectivity index is 2.08. The summed E-state index contributed by atoms with van der Waals surface area (Å²) in [6.07, 6.45) is -0.168. The van der Waals surface area contributed by atoms with Crippen molar-refractivity contribution in [1.82, 2.24) is 0 Å². The lowest BCUT2D eigenvalue weighted by atomic mass is 9.92. The SMILES string of the molecule is CCOC(=O)C[C@@H](c1ccc2c(c1)OCO2)c1oc(CO)cc(=O)c1O. The first kappa shape index (κ1) is 17.8. The van der Waals surface area contributed by atoms with Gasteiger partial charge in [-0.1, -0.05) is 6.07 Å². The molecule has 0 unspecified atom stereocenters. The molecule has 0 fully saturated rings. The molecule has 0 amide bonds. The molecule has 26 heavy (non-hydrogen) atoms. The van der Waals surface area contributed by atoms with Crippen LogP contribution in [0, 0.1) is 0 Å². The maximum Gasteiger partial charge on any atom is 0.306 e. The van der Waals surface area contributed by atoms with Gasteiger partial charge >= 0.3 is 5.97 Å². The second-order valence-corrected chi connectivity index (χ2v) is 5.62. The van der Waals surface area contributed by atoms with Crippen LogP contribution >= 0.6 is 0 Å². The highest BCUT2D eigenvalue weighted by atomic mass is 16.7. The molecule has 2 aromatic rings. The van der Waals surface area contributed by atoms with Crippen molar-refractivity contribution in [1.29, 1.82) is 0 Å². The van der Waals surface area contributed by atoms with Crippen LogP contribution in [-0.2, 0) is 16.1 Å². The van der Waals surface area contributed by atoms with Gasteiger partial charge in [-0.25, -0.2) is 0 Å². The normalized spacial score (nSPS) is 13.5. The molecule has 2 N–H and O–H groups in total. The van der Waals surface area contributed by atoms with Crippen molar-refractivity contribution in [3.63, 3.8) is 0 Å². The minimum absolute atomic E-state index is 0.0163. The average Bonchev–Trinajstić information content (AvgIpc) is 3.10. The lowest BCUT2D eigenvalue weighted by molar-refractivity contribution is -0.143. The molecule has 0 saturated heterocycles. The van der Waals surface area contributed by atoms with Crippen LogP contribution in [0.25, 0.3) is 0 Å². The highest BCUT2D eigenvalue weighted by Crippen LogP contribution is 2.39. The van der Waals surface area contributed by atoms with Crippen LogP contribution in [0.5, 0.6) is 17.2 Å². The van der Waals surface area contributed by atoms with E-state index in [-0.39, 0.29) is 31.3 Å². The number of aliphatic hydroxyl groups excluding tert-OH is 1. The molecule has 8 heteroatoms. The number of hydrogen-bond donors (Lipinski definition) is 2. The van der Waals surface area contributed by atoms with Crippen molar-refractivity contribution in [2.45, 2.75) is 25.9 Å². The van der Waals surface area contributed by atoms with Crippen LogP contribution in [0.1, 0.15) is 36.3 Å². The summed E-state index contributed by atoms with van der Waals surface area (Å²) in [5.74, 6) is -1.04. The Kier molecular flexibility index (Phi) is 5.13. The predicted octanol–water partition coefficient (Wildman–Crippen LogP) is 1.65. The highest BCUT2D eigenvalue weighted by Gasteiger charge is 2.28. The van der Waals surface area contributed by atoms with E-state index in [1.54, 1.807) is 25.1 Å². The van der Waals surface area contributed by atoms with Crippen molar-refractivity contribution in [2.24, 2.45) is 0 Å². The Morgan fingerprint density at radius 1 is 1.27 bits per heavy atom. The Bertz CT molecular complexity index is 870. The minimum Gasteiger partial charge on any atom is -0.502 e. The van der Waals surface area contributed by atoms with Gasteiger partial charge in [0.1, 0.15) is 12.4 Å². The molecular formula is C18H18O8. The van der Waals surface area contributed by atoms with Crippen LogP contribution in [-0.4, -0.2) is 29.6 Å². The maximum atomic E-state index is 12.1. The third kappa shape index (κ3) is 3.50. The van der Waals surface area contributed by atoms with Crippen LogP contribution in [0.3, 0.4) is 0 Å². The molecule has 0 aliphatic carbocycles. The molecule has 1 atom stereocenters. The van der Waals surface area contributed by atoms with E-state index in [0.717, 1.165) is 6.07 Å². The lowest BCUT2D eigenvalue weighted by Crippen LogP contribution is -2.15. The van der Waals surface area contributed by atoms with Crippen molar-refractivity contribution in [3.05, 3.63) is 51.6 Å². The largest absolute Gasteiger partial charge is 0.502 e. The quantitative estimate of drug-likeness (QED) is 0.746. The Hall–Kier alpha value is -3.00. The molecule has 1 aromatic carbocycles. The van der Waals surface area contributed by atoms with Gasteiger partial charge in [-0.3, -0.25) is 9.59 Å². The first-order chi connectivity index (χ1) is 12.5. The number of aliphatic hydroxyl groups is 1. The zero-order valence-electron chi connectivity index (χ0n) is 14.1. The third-order valence-electron chi connectivity index (χ3n) is 3.95.